The smallest absolute Gasteiger partial charge is 0.407 e. The van der Waals surface area contributed by atoms with Crippen LogP contribution in [0.4, 0.5) is 4.79 Å². The lowest BCUT2D eigenvalue weighted by molar-refractivity contribution is -0.139. The third kappa shape index (κ3) is 12.1. The predicted octanol–water partition coefficient (Wildman–Crippen LogP) is 1.91. The fourth-order valence-electron chi connectivity index (χ4n) is 2.52. The monoisotopic (exact) mass is 397 g/mol. The van der Waals surface area contributed by atoms with Gasteiger partial charge in [0.05, 0.1) is 0 Å². The van der Waals surface area contributed by atoms with Crippen molar-refractivity contribution in [2.45, 2.75) is 40.5 Å². The van der Waals surface area contributed by atoms with Crippen molar-refractivity contribution < 1.29 is 23.9 Å². The molecule has 8 heteroatoms. The molecule has 1 atom stereocenters. The molecule has 28 heavy (non-hydrogen) atoms. The molecule has 0 aromatic carbocycles. The first kappa shape index (κ1) is 25.6. The van der Waals surface area contributed by atoms with Gasteiger partial charge in [-0.15, -0.1) is 0 Å². The van der Waals surface area contributed by atoms with E-state index in [1.54, 1.807) is 6.92 Å². The summed E-state index contributed by atoms with van der Waals surface area (Å²) in [6.45, 7) is 16.1. The Labute approximate surface area is 167 Å². The van der Waals surface area contributed by atoms with Crippen molar-refractivity contribution in [1.29, 1.82) is 0 Å². The first-order valence-electron chi connectivity index (χ1n) is 9.37. The molecule has 0 heterocycles. The van der Waals surface area contributed by atoms with Crippen molar-refractivity contribution in [2.24, 2.45) is 17.1 Å². The Morgan fingerprint density at radius 2 is 1.71 bits per heavy atom. The van der Waals surface area contributed by atoms with E-state index < -0.39 is 12.1 Å². The summed E-state index contributed by atoms with van der Waals surface area (Å²) in [5.74, 6) is -0.481. The zero-order valence-electron chi connectivity index (χ0n) is 17.6. The molecular weight excluding hydrogens is 362 g/mol. The van der Waals surface area contributed by atoms with Gasteiger partial charge in [0.15, 0.2) is 0 Å². The fraction of sp³-hybridized carbons (Fsp3) is 0.650. The molecule has 0 radical (unpaired) electrons. The first-order chi connectivity index (χ1) is 13.0. The molecule has 160 valence electrons. The third-order valence-corrected chi connectivity index (χ3v) is 3.89. The Morgan fingerprint density at radius 1 is 1.11 bits per heavy atom. The first-order valence-corrected chi connectivity index (χ1v) is 9.37. The third-order valence-electron chi connectivity index (χ3n) is 3.89. The Kier molecular flexibility index (Phi) is 11.8. The molecule has 0 aromatic rings. The van der Waals surface area contributed by atoms with E-state index in [1.165, 1.54) is 0 Å². The van der Waals surface area contributed by atoms with Crippen LogP contribution in [0.2, 0.25) is 0 Å². The van der Waals surface area contributed by atoms with E-state index in [4.69, 9.17) is 15.2 Å². The van der Waals surface area contributed by atoms with Crippen LogP contribution in [-0.2, 0) is 19.1 Å². The van der Waals surface area contributed by atoms with E-state index >= 15 is 0 Å². The van der Waals surface area contributed by atoms with Crippen molar-refractivity contribution in [3.05, 3.63) is 24.3 Å². The van der Waals surface area contributed by atoms with E-state index in [2.05, 4.69) is 23.8 Å². The van der Waals surface area contributed by atoms with Gasteiger partial charge < -0.3 is 25.8 Å². The summed E-state index contributed by atoms with van der Waals surface area (Å²) in [6, 6.07) is 0. The molecular formula is C20H35N3O5. The number of nitrogens with one attached hydrogen (secondary N) is 2. The van der Waals surface area contributed by atoms with E-state index in [1.807, 2.05) is 20.8 Å². The summed E-state index contributed by atoms with van der Waals surface area (Å²) in [5, 5.41) is 5.56. The summed E-state index contributed by atoms with van der Waals surface area (Å²) in [4.78, 5) is 34.8. The zero-order chi connectivity index (χ0) is 21.7. The number of carbonyl (C=O) groups excluding carboxylic acids is 3. The molecule has 0 aliphatic rings. The van der Waals surface area contributed by atoms with Gasteiger partial charge in [-0.3, -0.25) is 4.79 Å². The molecule has 0 spiro atoms. The number of alkyl carbamates (subject to hydrolysis) is 1. The predicted molar refractivity (Wildman–Crippen MR) is 109 cm³/mol. The highest BCUT2D eigenvalue weighted by Gasteiger charge is 2.23. The van der Waals surface area contributed by atoms with Gasteiger partial charge in [-0.05, 0) is 37.6 Å². The second kappa shape index (κ2) is 12.9. The van der Waals surface area contributed by atoms with Crippen LogP contribution in [0.1, 0.15) is 40.5 Å². The van der Waals surface area contributed by atoms with E-state index in [0.717, 1.165) is 6.42 Å². The molecule has 0 bridgehead atoms. The summed E-state index contributed by atoms with van der Waals surface area (Å²) < 4.78 is 9.81. The molecule has 0 aromatic heterocycles. The van der Waals surface area contributed by atoms with E-state index in [0.29, 0.717) is 37.2 Å². The molecule has 0 aliphatic carbocycles. The van der Waals surface area contributed by atoms with Crippen LogP contribution in [0.15, 0.2) is 24.3 Å². The molecule has 2 amide bonds. The van der Waals surface area contributed by atoms with E-state index in [-0.39, 0.29) is 30.5 Å². The maximum absolute atomic E-state index is 11.8. The summed E-state index contributed by atoms with van der Waals surface area (Å²) in [7, 11) is 0. The maximum atomic E-state index is 11.8. The minimum Gasteiger partial charge on any atom is -0.459 e. The van der Waals surface area contributed by atoms with Crippen molar-refractivity contribution >= 4 is 18.0 Å². The highest BCUT2D eigenvalue weighted by atomic mass is 16.6. The van der Waals surface area contributed by atoms with Gasteiger partial charge in [0.1, 0.15) is 13.2 Å². The van der Waals surface area contributed by atoms with Crippen LogP contribution in [0.5, 0.6) is 0 Å². The van der Waals surface area contributed by atoms with Crippen LogP contribution < -0.4 is 16.4 Å². The van der Waals surface area contributed by atoms with Crippen LogP contribution in [-0.4, -0.2) is 50.8 Å². The normalized spacial score (nSPS) is 11.9. The molecule has 8 nitrogen and oxygen atoms in total. The standard InChI is InChI=1S/C20H35N3O5/c1-14(2)18(25)27-9-10-28-19(26)23-13-20(5,6)11-15(3)12-22-17(24)16(4)7-8-21/h15H,1,4,7-13,21H2,2-3,5-6H3,(H,22,24)(H,23,26). The molecule has 0 saturated carbocycles. The highest BCUT2D eigenvalue weighted by Crippen LogP contribution is 2.24. The number of hydrogen-bond acceptors (Lipinski definition) is 6. The van der Waals surface area contributed by atoms with Crippen molar-refractivity contribution in [3.63, 3.8) is 0 Å². The number of esters is 1. The van der Waals surface area contributed by atoms with Crippen molar-refractivity contribution in [1.82, 2.24) is 10.6 Å². The van der Waals surface area contributed by atoms with Gasteiger partial charge in [0.2, 0.25) is 5.91 Å². The van der Waals surface area contributed by atoms with Gasteiger partial charge in [0.25, 0.3) is 0 Å². The van der Waals surface area contributed by atoms with Gasteiger partial charge in [0, 0.05) is 24.2 Å². The highest BCUT2D eigenvalue weighted by molar-refractivity contribution is 5.92. The fourth-order valence-corrected chi connectivity index (χ4v) is 2.52. The topological polar surface area (TPSA) is 120 Å². The minimum absolute atomic E-state index is 0.0192. The lowest BCUT2D eigenvalue weighted by atomic mass is 9.83. The maximum Gasteiger partial charge on any atom is 0.407 e. The van der Waals surface area contributed by atoms with Crippen LogP contribution in [0.25, 0.3) is 0 Å². The van der Waals surface area contributed by atoms with Gasteiger partial charge in [-0.2, -0.15) is 0 Å². The quantitative estimate of drug-likeness (QED) is 0.248. The summed E-state index contributed by atoms with van der Waals surface area (Å²) in [5.41, 5.74) is 6.00. The number of amides is 2. The van der Waals surface area contributed by atoms with Gasteiger partial charge in [-0.25, -0.2) is 9.59 Å². The minimum atomic E-state index is -0.571. The number of rotatable bonds is 13. The number of ether oxygens (including phenoxy) is 2. The average Bonchev–Trinajstić information content (AvgIpc) is 2.61. The summed E-state index contributed by atoms with van der Waals surface area (Å²) in [6.07, 6.45) is 0.690. The van der Waals surface area contributed by atoms with Gasteiger partial charge >= 0.3 is 12.1 Å². The molecule has 0 fully saturated rings. The molecule has 0 aliphatic heterocycles. The number of hydrogen-bond donors (Lipinski definition) is 3. The second-order valence-corrected chi connectivity index (χ2v) is 7.73. The summed E-state index contributed by atoms with van der Waals surface area (Å²) >= 11 is 0. The average molecular weight is 398 g/mol. The van der Waals surface area contributed by atoms with Crippen molar-refractivity contribution in [3.8, 4) is 0 Å². The lowest BCUT2D eigenvalue weighted by Crippen LogP contribution is -2.37. The largest absolute Gasteiger partial charge is 0.459 e. The second-order valence-electron chi connectivity index (χ2n) is 7.73. The number of nitrogens with two attached hydrogens (primary N) is 1. The molecule has 4 N–H and O–H groups in total. The van der Waals surface area contributed by atoms with Crippen molar-refractivity contribution in [2.75, 3.05) is 32.8 Å². The van der Waals surface area contributed by atoms with Crippen LogP contribution in [0.3, 0.4) is 0 Å². The van der Waals surface area contributed by atoms with Crippen LogP contribution in [0, 0.1) is 11.3 Å². The number of carbonyl (C=O) groups is 3. The Hall–Kier alpha value is -2.35. The Bertz CT molecular complexity index is 572. The van der Waals surface area contributed by atoms with Crippen LogP contribution >= 0.6 is 0 Å². The Balaban J connectivity index is 4.09. The van der Waals surface area contributed by atoms with Gasteiger partial charge in [-0.1, -0.05) is 33.9 Å². The molecule has 1 unspecified atom stereocenters. The van der Waals surface area contributed by atoms with E-state index in [9.17, 15) is 14.4 Å². The molecule has 0 saturated heterocycles. The lowest BCUT2D eigenvalue weighted by Gasteiger charge is -2.28. The SMILES string of the molecule is C=C(C)C(=O)OCCOC(=O)NCC(C)(C)CC(C)CNC(=O)C(=C)CCN. The zero-order valence-corrected chi connectivity index (χ0v) is 17.6. The Morgan fingerprint density at radius 3 is 2.29 bits per heavy atom. The molecule has 0 rings (SSSR count).